The minimum absolute atomic E-state index is 0.0612. The molecule has 1 aromatic carbocycles. The molecule has 8 heteroatoms. The lowest BCUT2D eigenvalue weighted by Crippen LogP contribution is -2.36. The Balaban J connectivity index is 2.35. The van der Waals surface area contributed by atoms with E-state index in [9.17, 15) is 12.6 Å². The molecule has 1 rings (SSSR count). The number of nitrogen functional groups attached to an aromatic ring is 1. The number of nitrogens with one attached hydrogen (secondary N) is 1. The van der Waals surface area contributed by atoms with Crippen LogP contribution in [0.2, 0.25) is 0 Å². The first-order valence-electron chi connectivity index (χ1n) is 6.57. The number of sulfonamides is 1. The summed E-state index contributed by atoms with van der Waals surface area (Å²) in [5, 5.41) is 0. The van der Waals surface area contributed by atoms with Crippen LogP contribution in [0.15, 0.2) is 24.3 Å². The molecule has 120 valence electrons. The third-order valence-corrected chi connectivity index (χ3v) is 5.00. The molecule has 0 bridgehead atoms. The first kappa shape index (κ1) is 17.9. The van der Waals surface area contributed by atoms with E-state index in [-0.39, 0.29) is 18.4 Å². The van der Waals surface area contributed by atoms with Crippen molar-refractivity contribution in [3.63, 3.8) is 0 Å². The van der Waals surface area contributed by atoms with Crippen molar-refractivity contribution in [3.8, 4) is 5.75 Å². The normalized spacial score (nSPS) is 14.6. The number of hydrogen-bond donors (Lipinski definition) is 2. The van der Waals surface area contributed by atoms with Crippen molar-refractivity contribution < 1.29 is 17.4 Å². The summed E-state index contributed by atoms with van der Waals surface area (Å²) in [6.45, 7) is 1.82. The Labute approximate surface area is 128 Å². The van der Waals surface area contributed by atoms with Crippen molar-refractivity contribution in [2.45, 2.75) is 19.4 Å². The van der Waals surface area contributed by atoms with E-state index in [4.69, 9.17) is 10.5 Å². The van der Waals surface area contributed by atoms with Crippen molar-refractivity contribution in [1.82, 2.24) is 4.72 Å². The van der Waals surface area contributed by atoms with E-state index in [2.05, 4.69) is 4.72 Å². The number of rotatable bonds is 9. The summed E-state index contributed by atoms with van der Waals surface area (Å²) in [6, 6.07) is 6.52. The Morgan fingerprint density at radius 3 is 2.52 bits per heavy atom. The summed E-state index contributed by atoms with van der Waals surface area (Å²) in [7, 11) is -4.32. The second-order valence-electron chi connectivity index (χ2n) is 4.82. The van der Waals surface area contributed by atoms with Crippen LogP contribution in [0.3, 0.4) is 0 Å². The summed E-state index contributed by atoms with van der Waals surface area (Å²) in [4.78, 5) is 0. The largest absolute Gasteiger partial charge is 0.492 e. The lowest BCUT2D eigenvalue weighted by atomic mass is 10.3. The highest BCUT2D eigenvalue weighted by molar-refractivity contribution is 7.89. The molecule has 0 saturated heterocycles. The molecule has 2 unspecified atom stereocenters. The molecule has 0 fully saturated rings. The van der Waals surface area contributed by atoms with Gasteiger partial charge in [0.15, 0.2) is 0 Å². The van der Waals surface area contributed by atoms with Crippen molar-refractivity contribution in [1.29, 1.82) is 0 Å². The molecule has 0 heterocycles. The second-order valence-corrected chi connectivity index (χ2v) is 8.25. The molecular weight excluding hydrogens is 312 g/mol. The van der Waals surface area contributed by atoms with E-state index in [0.29, 0.717) is 23.6 Å². The number of ether oxygens (including phenoxy) is 1. The van der Waals surface area contributed by atoms with E-state index >= 15 is 0 Å². The average molecular weight is 334 g/mol. The highest BCUT2D eigenvalue weighted by atomic mass is 32.2. The smallest absolute Gasteiger partial charge is 0.215 e. The molecule has 2 atom stereocenters. The molecular formula is C13H22N2O4S2. The lowest BCUT2D eigenvalue weighted by molar-refractivity contribution is 0.340. The van der Waals surface area contributed by atoms with Crippen molar-refractivity contribution in [2.75, 3.05) is 30.1 Å². The molecule has 0 saturated carbocycles. The Hall–Kier alpha value is -1.12. The van der Waals surface area contributed by atoms with E-state index in [0.717, 1.165) is 0 Å². The van der Waals surface area contributed by atoms with Crippen LogP contribution >= 0.6 is 0 Å². The van der Waals surface area contributed by atoms with Gasteiger partial charge >= 0.3 is 0 Å². The molecule has 0 aromatic heterocycles. The van der Waals surface area contributed by atoms with Crippen LogP contribution in [0.1, 0.15) is 13.3 Å². The van der Waals surface area contributed by atoms with Gasteiger partial charge in [-0.05, 0) is 37.6 Å². The van der Waals surface area contributed by atoms with Gasteiger partial charge in [0.2, 0.25) is 10.0 Å². The van der Waals surface area contributed by atoms with Crippen LogP contribution in [0.4, 0.5) is 5.69 Å². The predicted octanol–water partition coefficient (Wildman–Crippen LogP) is 0.724. The first-order valence-corrected chi connectivity index (χ1v) is 9.95. The fourth-order valence-corrected chi connectivity index (χ4v) is 3.44. The quantitative estimate of drug-likeness (QED) is 0.649. The van der Waals surface area contributed by atoms with E-state index in [1.54, 1.807) is 37.4 Å². The van der Waals surface area contributed by atoms with Gasteiger partial charge in [0.1, 0.15) is 12.4 Å². The van der Waals surface area contributed by atoms with Crippen LogP contribution in [-0.2, 0) is 20.8 Å². The molecule has 21 heavy (non-hydrogen) atoms. The molecule has 0 aliphatic rings. The third-order valence-electron chi connectivity index (χ3n) is 2.72. The molecule has 6 nitrogen and oxygen atoms in total. The van der Waals surface area contributed by atoms with Crippen molar-refractivity contribution in [2.24, 2.45) is 0 Å². The Kier molecular flexibility index (Phi) is 7.13. The SMILES string of the molecule is CC(CCS(C)=O)NS(=O)(=O)CCOc1ccc(N)cc1. The van der Waals surface area contributed by atoms with Crippen LogP contribution in [0.5, 0.6) is 5.75 Å². The molecule has 1 aromatic rings. The van der Waals surface area contributed by atoms with Crippen LogP contribution in [0, 0.1) is 0 Å². The van der Waals surface area contributed by atoms with Crippen LogP contribution < -0.4 is 15.2 Å². The van der Waals surface area contributed by atoms with Gasteiger partial charge < -0.3 is 10.5 Å². The summed E-state index contributed by atoms with van der Waals surface area (Å²) >= 11 is 0. The molecule has 0 spiro atoms. The number of benzene rings is 1. The number of anilines is 1. The van der Waals surface area contributed by atoms with Crippen molar-refractivity contribution in [3.05, 3.63) is 24.3 Å². The fraction of sp³-hybridized carbons (Fsp3) is 0.538. The Bertz CT molecular complexity index is 558. The Morgan fingerprint density at radius 2 is 1.95 bits per heavy atom. The van der Waals surface area contributed by atoms with Crippen LogP contribution in [0.25, 0.3) is 0 Å². The zero-order chi connectivity index (χ0) is 15.9. The third kappa shape index (κ3) is 8.03. The minimum Gasteiger partial charge on any atom is -0.492 e. The predicted molar refractivity (Wildman–Crippen MR) is 86.3 cm³/mol. The molecule has 3 N–H and O–H groups in total. The van der Waals surface area contributed by atoms with E-state index in [1.807, 2.05) is 0 Å². The van der Waals surface area contributed by atoms with Gasteiger partial charge in [-0.15, -0.1) is 0 Å². The second kappa shape index (κ2) is 8.35. The van der Waals surface area contributed by atoms with Crippen molar-refractivity contribution >= 4 is 26.5 Å². The van der Waals surface area contributed by atoms with E-state index < -0.39 is 20.8 Å². The lowest BCUT2D eigenvalue weighted by Gasteiger charge is -2.14. The van der Waals surface area contributed by atoms with Gasteiger partial charge in [0.25, 0.3) is 0 Å². The van der Waals surface area contributed by atoms with Gasteiger partial charge in [0.05, 0.1) is 5.75 Å². The average Bonchev–Trinajstić information content (AvgIpc) is 2.38. The zero-order valence-electron chi connectivity index (χ0n) is 12.2. The standard InChI is InChI=1S/C13H22N2O4S2/c1-11(7-9-20(2)16)15-21(17,18)10-8-19-13-5-3-12(14)4-6-13/h3-6,11,15H,7-10,14H2,1-2H3. The zero-order valence-corrected chi connectivity index (χ0v) is 13.9. The van der Waals surface area contributed by atoms with Gasteiger partial charge in [-0.25, -0.2) is 13.1 Å². The maximum atomic E-state index is 11.8. The topological polar surface area (TPSA) is 98.5 Å². The van der Waals surface area contributed by atoms with Gasteiger partial charge in [-0.2, -0.15) is 0 Å². The monoisotopic (exact) mass is 334 g/mol. The summed E-state index contributed by atoms with van der Waals surface area (Å²) < 4.78 is 42.6. The highest BCUT2D eigenvalue weighted by Gasteiger charge is 2.14. The molecule has 0 radical (unpaired) electrons. The summed E-state index contributed by atoms with van der Waals surface area (Å²) in [5.41, 5.74) is 6.17. The highest BCUT2D eigenvalue weighted by Crippen LogP contribution is 2.12. The minimum atomic E-state index is -3.41. The number of hydrogen-bond acceptors (Lipinski definition) is 5. The van der Waals surface area contributed by atoms with E-state index in [1.165, 1.54) is 0 Å². The van der Waals surface area contributed by atoms with Gasteiger partial charge in [-0.1, -0.05) is 0 Å². The first-order chi connectivity index (χ1) is 9.78. The molecule has 0 amide bonds. The van der Waals surface area contributed by atoms with Crippen LogP contribution in [-0.4, -0.2) is 43.0 Å². The van der Waals surface area contributed by atoms with Gasteiger partial charge in [0, 0.05) is 34.5 Å². The maximum Gasteiger partial charge on any atom is 0.215 e. The molecule has 0 aliphatic heterocycles. The maximum absolute atomic E-state index is 11.8. The van der Waals surface area contributed by atoms with Gasteiger partial charge in [-0.3, -0.25) is 4.21 Å². The molecule has 0 aliphatic carbocycles. The Morgan fingerprint density at radius 1 is 1.33 bits per heavy atom. The number of nitrogens with two attached hydrogens (primary N) is 1. The summed E-state index contributed by atoms with van der Waals surface area (Å²) in [6.07, 6.45) is 2.14. The summed E-state index contributed by atoms with van der Waals surface area (Å²) in [5.74, 6) is 0.927. The fourth-order valence-electron chi connectivity index (χ4n) is 1.60.